The molecule has 1 aromatic heterocycles. The predicted octanol–water partition coefficient (Wildman–Crippen LogP) is 3.53. The number of rotatable bonds is 2. The molecule has 0 spiro atoms. The fraction of sp³-hybridized carbons (Fsp3) is 0.0769. The lowest BCUT2D eigenvalue weighted by molar-refractivity contribution is 0.102. The van der Waals surface area contributed by atoms with E-state index in [1.54, 1.807) is 24.4 Å². The van der Waals surface area contributed by atoms with Crippen LogP contribution in [0.2, 0.25) is 10.2 Å². The summed E-state index contributed by atoms with van der Waals surface area (Å²) in [7, 11) is 0. The van der Waals surface area contributed by atoms with Gasteiger partial charge in [-0.05, 0) is 36.8 Å². The van der Waals surface area contributed by atoms with Crippen molar-refractivity contribution in [3.8, 4) is 0 Å². The van der Waals surface area contributed by atoms with Crippen LogP contribution in [0.15, 0.2) is 30.5 Å². The number of nitrogens with one attached hydrogen (secondary N) is 1. The summed E-state index contributed by atoms with van der Waals surface area (Å²) < 4.78 is 0. The molecule has 4 nitrogen and oxygen atoms in total. The molecule has 0 saturated heterocycles. The standard InChI is InChI=1S/C13H11Cl2N3O/c1-7-2-11(12(15)17-6-7)18-13(19)8-3-9(14)5-10(16)4-8/h2-6H,16H2,1H3,(H,18,19). The second-order valence-electron chi connectivity index (χ2n) is 4.08. The summed E-state index contributed by atoms with van der Waals surface area (Å²) in [6.07, 6.45) is 1.62. The van der Waals surface area contributed by atoms with Gasteiger partial charge >= 0.3 is 0 Å². The number of hydrogen-bond acceptors (Lipinski definition) is 3. The Hall–Kier alpha value is -1.78. The van der Waals surface area contributed by atoms with Crippen LogP contribution < -0.4 is 11.1 Å². The van der Waals surface area contributed by atoms with E-state index in [4.69, 9.17) is 28.9 Å². The number of benzene rings is 1. The number of carbonyl (C=O) groups excluding carboxylic acids is 1. The minimum Gasteiger partial charge on any atom is -0.399 e. The van der Waals surface area contributed by atoms with Gasteiger partial charge in [-0.1, -0.05) is 23.2 Å². The van der Waals surface area contributed by atoms with Gasteiger partial charge in [0.15, 0.2) is 5.15 Å². The molecule has 0 aliphatic carbocycles. The average molecular weight is 296 g/mol. The van der Waals surface area contributed by atoms with Crippen LogP contribution in [-0.4, -0.2) is 10.9 Å². The third-order valence-corrected chi connectivity index (χ3v) is 2.93. The summed E-state index contributed by atoms with van der Waals surface area (Å²) in [5, 5.41) is 3.31. The minimum absolute atomic E-state index is 0.231. The van der Waals surface area contributed by atoms with Crippen molar-refractivity contribution in [3.05, 3.63) is 51.8 Å². The molecule has 3 N–H and O–H groups in total. The molecule has 0 fully saturated rings. The molecule has 6 heteroatoms. The number of carbonyl (C=O) groups is 1. The zero-order chi connectivity index (χ0) is 14.0. The SMILES string of the molecule is Cc1cnc(Cl)c(NC(=O)c2cc(N)cc(Cl)c2)c1. The number of anilines is 2. The van der Waals surface area contributed by atoms with Crippen molar-refractivity contribution in [2.45, 2.75) is 6.92 Å². The van der Waals surface area contributed by atoms with E-state index in [-0.39, 0.29) is 11.1 Å². The molecule has 2 rings (SSSR count). The highest BCUT2D eigenvalue weighted by Crippen LogP contribution is 2.22. The lowest BCUT2D eigenvalue weighted by atomic mass is 10.2. The normalized spacial score (nSPS) is 10.3. The highest BCUT2D eigenvalue weighted by molar-refractivity contribution is 6.33. The summed E-state index contributed by atoms with van der Waals surface area (Å²) in [6, 6.07) is 6.38. The summed E-state index contributed by atoms with van der Waals surface area (Å²) in [5.41, 5.74) is 7.77. The number of aromatic nitrogens is 1. The van der Waals surface area contributed by atoms with Gasteiger partial charge in [0.2, 0.25) is 0 Å². The van der Waals surface area contributed by atoms with Crippen LogP contribution in [0.3, 0.4) is 0 Å². The third-order valence-electron chi connectivity index (χ3n) is 2.41. The maximum atomic E-state index is 12.1. The Bertz CT molecular complexity index is 624. The quantitative estimate of drug-likeness (QED) is 0.658. The number of nitrogens with two attached hydrogens (primary N) is 1. The lowest BCUT2D eigenvalue weighted by Crippen LogP contribution is -2.13. The topological polar surface area (TPSA) is 68.0 Å². The Morgan fingerprint density at radius 3 is 2.68 bits per heavy atom. The van der Waals surface area contributed by atoms with E-state index < -0.39 is 0 Å². The number of pyridine rings is 1. The first-order valence-corrected chi connectivity index (χ1v) is 6.21. The van der Waals surface area contributed by atoms with Crippen LogP contribution in [0.1, 0.15) is 15.9 Å². The Balaban J connectivity index is 2.28. The fourth-order valence-electron chi connectivity index (χ4n) is 1.58. The van der Waals surface area contributed by atoms with Crippen molar-refractivity contribution in [2.75, 3.05) is 11.1 Å². The van der Waals surface area contributed by atoms with Gasteiger partial charge in [-0.3, -0.25) is 4.79 Å². The molecule has 98 valence electrons. The number of amides is 1. The molecule has 0 aliphatic rings. The Kier molecular flexibility index (Phi) is 3.93. The van der Waals surface area contributed by atoms with Crippen LogP contribution in [-0.2, 0) is 0 Å². The van der Waals surface area contributed by atoms with Crippen LogP contribution in [0.5, 0.6) is 0 Å². The van der Waals surface area contributed by atoms with E-state index in [2.05, 4.69) is 10.3 Å². The van der Waals surface area contributed by atoms with Crippen molar-refractivity contribution in [3.63, 3.8) is 0 Å². The molecule has 1 heterocycles. The summed E-state index contributed by atoms with van der Waals surface area (Å²) in [6.45, 7) is 1.86. The molecule has 1 amide bonds. The molecule has 19 heavy (non-hydrogen) atoms. The van der Waals surface area contributed by atoms with Crippen molar-refractivity contribution in [2.24, 2.45) is 0 Å². The molecule has 0 atom stereocenters. The van der Waals surface area contributed by atoms with Crippen LogP contribution in [0.4, 0.5) is 11.4 Å². The summed E-state index contributed by atoms with van der Waals surface area (Å²) in [4.78, 5) is 16.0. The first-order chi connectivity index (χ1) is 8.95. The van der Waals surface area contributed by atoms with Gasteiger partial charge in [0.1, 0.15) is 0 Å². The van der Waals surface area contributed by atoms with Gasteiger partial charge in [0.25, 0.3) is 5.91 Å². The highest BCUT2D eigenvalue weighted by atomic mass is 35.5. The zero-order valence-corrected chi connectivity index (χ0v) is 11.6. The summed E-state index contributed by atoms with van der Waals surface area (Å²) in [5.74, 6) is -0.344. The van der Waals surface area contributed by atoms with Gasteiger partial charge < -0.3 is 11.1 Å². The third kappa shape index (κ3) is 3.36. The number of halogens is 2. The Labute approximate surface area is 120 Å². The molecule has 1 aromatic carbocycles. The first-order valence-electron chi connectivity index (χ1n) is 5.45. The maximum absolute atomic E-state index is 12.1. The number of nitrogen functional groups attached to an aromatic ring is 1. The van der Waals surface area contributed by atoms with Crippen LogP contribution in [0, 0.1) is 6.92 Å². The van der Waals surface area contributed by atoms with Crippen LogP contribution in [0.25, 0.3) is 0 Å². The molecule has 0 aliphatic heterocycles. The number of aryl methyl sites for hydroxylation is 1. The van der Waals surface area contributed by atoms with Crippen molar-refractivity contribution < 1.29 is 4.79 Å². The second kappa shape index (κ2) is 5.47. The molecular weight excluding hydrogens is 285 g/mol. The zero-order valence-electron chi connectivity index (χ0n) is 10.1. The van der Waals surface area contributed by atoms with E-state index >= 15 is 0 Å². The molecule has 0 saturated carbocycles. The number of nitrogens with zero attached hydrogens (tertiary/aromatic N) is 1. The monoisotopic (exact) mass is 295 g/mol. The second-order valence-corrected chi connectivity index (χ2v) is 4.87. The van der Waals surface area contributed by atoms with E-state index in [0.717, 1.165) is 5.56 Å². The Morgan fingerprint density at radius 1 is 1.26 bits per heavy atom. The largest absolute Gasteiger partial charge is 0.399 e. The average Bonchev–Trinajstić information content (AvgIpc) is 2.32. The maximum Gasteiger partial charge on any atom is 0.255 e. The summed E-state index contributed by atoms with van der Waals surface area (Å²) >= 11 is 11.8. The molecular formula is C13H11Cl2N3O. The molecule has 0 bridgehead atoms. The van der Waals surface area contributed by atoms with Crippen molar-refractivity contribution in [1.29, 1.82) is 0 Å². The van der Waals surface area contributed by atoms with Gasteiger partial charge in [0, 0.05) is 22.5 Å². The van der Waals surface area contributed by atoms with E-state index in [9.17, 15) is 4.79 Å². The molecule has 0 unspecified atom stereocenters. The van der Waals surface area contributed by atoms with Gasteiger partial charge in [-0.2, -0.15) is 0 Å². The minimum atomic E-state index is -0.344. The van der Waals surface area contributed by atoms with Crippen molar-refractivity contribution >= 4 is 40.5 Å². The van der Waals surface area contributed by atoms with E-state index in [1.165, 1.54) is 6.07 Å². The van der Waals surface area contributed by atoms with Crippen LogP contribution >= 0.6 is 23.2 Å². The number of hydrogen-bond donors (Lipinski definition) is 2. The molecule has 2 aromatic rings. The van der Waals surface area contributed by atoms with E-state index in [0.29, 0.717) is 22.0 Å². The smallest absolute Gasteiger partial charge is 0.255 e. The van der Waals surface area contributed by atoms with Gasteiger partial charge in [-0.15, -0.1) is 0 Å². The molecule has 0 radical (unpaired) electrons. The van der Waals surface area contributed by atoms with Crippen molar-refractivity contribution in [1.82, 2.24) is 4.98 Å². The van der Waals surface area contributed by atoms with Gasteiger partial charge in [-0.25, -0.2) is 4.98 Å². The highest BCUT2D eigenvalue weighted by Gasteiger charge is 2.10. The first kappa shape index (κ1) is 13.6. The van der Waals surface area contributed by atoms with Gasteiger partial charge in [0.05, 0.1) is 5.69 Å². The Morgan fingerprint density at radius 2 is 2.00 bits per heavy atom. The van der Waals surface area contributed by atoms with E-state index in [1.807, 2.05) is 6.92 Å². The predicted molar refractivity (Wildman–Crippen MR) is 77.8 cm³/mol. The lowest BCUT2D eigenvalue weighted by Gasteiger charge is -2.08. The fourth-order valence-corrected chi connectivity index (χ4v) is 1.97.